The molecule has 0 saturated carbocycles. The summed E-state index contributed by atoms with van der Waals surface area (Å²) < 4.78 is 40.6. The van der Waals surface area contributed by atoms with Gasteiger partial charge in [-0.3, -0.25) is 4.79 Å². The molecule has 0 bridgehead atoms. The Labute approximate surface area is 169 Å². The Bertz CT molecular complexity index is 920. The molecular formula is C19H14Cl2F3N3O. The van der Waals surface area contributed by atoms with E-state index >= 15 is 0 Å². The molecule has 1 atom stereocenters. The van der Waals surface area contributed by atoms with Crippen LogP contribution in [0.1, 0.15) is 27.4 Å². The van der Waals surface area contributed by atoms with Crippen molar-refractivity contribution in [2.75, 3.05) is 0 Å². The minimum atomic E-state index is -4.55. The summed E-state index contributed by atoms with van der Waals surface area (Å²) in [6.07, 6.45) is 0.427. The van der Waals surface area contributed by atoms with E-state index in [2.05, 4.69) is 9.98 Å². The zero-order valence-electron chi connectivity index (χ0n) is 14.2. The highest BCUT2D eigenvalue weighted by Crippen LogP contribution is 2.38. The second-order valence-corrected chi connectivity index (χ2v) is 6.43. The predicted molar refractivity (Wildman–Crippen MR) is 107 cm³/mol. The second-order valence-electron chi connectivity index (χ2n) is 5.56. The fourth-order valence-electron chi connectivity index (χ4n) is 2.39. The first-order valence-electron chi connectivity index (χ1n) is 7.80. The summed E-state index contributed by atoms with van der Waals surface area (Å²) in [5, 5.41) is 0.214. The third-order valence-corrected chi connectivity index (χ3v) is 4.04. The van der Waals surface area contributed by atoms with Gasteiger partial charge in [-0.1, -0.05) is 41.4 Å². The molecule has 0 aliphatic rings. The number of aldehydes is 1. The van der Waals surface area contributed by atoms with Gasteiger partial charge in [0.1, 0.15) is 6.34 Å². The minimum Gasteiger partial charge on any atom is -0.390 e. The van der Waals surface area contributed by atoms with E-state index in [-0.39, 0.29) is 21.2 Å². The van der Waals surface area contributed by atoms with Crippen molar-refractivity contribution in [3.8, 4) is 0 Å². The highest BCUT2D eigenvalue weighted by Gasteiger charge is 2.39. The van der Waals surface area contributed by atoms with Crippen molar-refractivity contribution in [2.45, 2.75) is 12.1 Å². The highest BCUT2D eigenvalue weighted by atomic mass is 35.5. The lowest BCUT2D eigenvalue weighted by molar-refractivity contribution is -0.139. The minimum absolute atomic E-state index is 0.0854. The zero-order chi connectivity index (χ0) is 20.7. The maximum Gasteiger partial charge on any atom is 0.399 e. The van der Waals surface area contributed by atoms with E-state index in [0.717, 1.165) is 18.8 Å². The number of halogens is 5. The fourth-order valence-corrected chi connectivity index (χ4v) is 2.94. The van der Waals surface area contributed by atoms with E-state index in [1.54, 1.807) is 0 Å². The van der Waals surface area contributed by atoms with Crippen molar-refractivity contribution < 1.29 is 18.0 Å². The standard InChI is InChI=1S/C19H14Cl2F3N3O/c20-15-6-13(7-16(21)8-15)17(19(22,23)24)3-1-12-2-4-18(14(5-12)9-28)27-11-26-10-25/h1-11,17H,(H2,25,26,27). The zero-order valence-corrected chi connectivity index (χ0v) is 15.7. The molecule has 0 spiro atoms. The average molecular weight is 428 g/mol. The molecule has 146 valence electrons. The topological polar surface area (TPSA) is 67.8 Å². The molecule has 2 aromatic carbocycles. The van der Waals surface area contributed by atoms with Gasteiger partial charge in [0, 0.05) is 15.6 Å². The number of benzene rings is 2. The first-order chi connectivity index (χ1) is 13.2. The van der Waals surface area contributed by atoms with Crippen LogP contribution < -0.4 is 5.73 Å². The summed E-state index contributed by atoms with van der Waals surface area (Å²) in [7, 11) is 0. The SMILES string of the molecule is NC=NC=Nc1ccc(C=CC(c2cc(Cl)cc(Cl)c2)C(F)(F)F)cc1C=O. The summed E-state index contributed by atoms with van der Waals surface area (Å²) in [6, 6.07) is 8.21. The molecule has 4 nitrogen and oxygen atoms in total. The van der Waals surface area contributed by atoms with Crippen molar-refractivity contribution >= 4 is 53.9 Å². The van der Waals surface area contributed by atoms with Crippen molar-refractivity contribution in [1.29, 1.82) is 0 Å². The predicted octanol–water partition coefficient (Wildman–Crippen LogP) is 5.81. The summed E-state index contributed by atoms with van der Waals surface area (Å²) in [4.78, 5) is 18.8. The quantitative estimate of drug-likeness (QED) is 0.358. The Morgan fingerprint density at radius 3 is 2.32 bits per heavy atom. The van der Waals surface area contributed by atoms with Gasteiger partial charge < -0.3 is 5.73 Å². The molecule has 2 N–H and O–H groups in total. The van der Waals surface area contributed by atoms with Crippen molar-refractivity contribution in [1.82, 2.24) is 0 Å². The Hall–Kier alpha value is -2.64. The summed E-state index contributed by atoms with van der Waals surface area (Å²) in [5.74, 6) is -1.92. The van der Waals surface area contributed by atoms with Gasteiger partial charge in [-0.2, -0.15) is 13.2 Å². The molecule has 0 fully saturated rings. The van der Waals surface area contributed by atoms with E-state index in [1.165, 1.54) is 42.5 Å². The molecule has 0 aliphatic heterocycles. The van der Waals surface area contributed by atoms with Crippen molar-refractivity contribution in [3.63, 3.8) is 0 Å². The molecule has 1 unspecified atom stereocenters. The van der Waals surface area contributed by atoms with Crippen LogP contribution in [0.5, 0.6) is 0 Å². The number of nitrogens with two attached hydrogens (primary N) is 1. The highest BCUT2D eigenvalue weighted by molar-refractivity contribution is 6.34. The average Bonchev–Trinajstić information content (AvgIpc) is 2.61. The van der Waals surface area contributed by atoms with Gasteiger partial charge in [0.15, 0.2) is 6.29 Å². The van der Waals surface area contributed by atoms with E-state index < -0.39 is 12.1 Å². The number of nitrogens with zero attached hydrogens (tertiary/aromatic N) is 2. The molecule has 28 heavy (non-hydrogen) atoms. The van der Waals surface area contributed by atoms with E-state index in [9.17, 15) is 18.0 Å². The molecule has 9 heteroatoms. The molecule has 2 aromatic rings. The first-order valence-corrected chi connectivity index (χ1v) is 8.56. The van der Waals surface area contributed by atoms with Gasteiger partial charge in [-0.05, 0) is 41.5 Å². The van der Waals surface area contributed by atoms with Crippen LogP contribution in [-0.4, -0.2) is 25.1 Å². The molecule has 2 rings (SSSR count). The monoisotopic (exact) mass is 427 g/mol. The normalized spacial score (nSPS) is 13.6. The van der Waals surface area contributed by atoms with Crippen LogP contribution in [0.2, 0.25) is 10.0 Å². The van der Waals surface area contributed by atoms with Gasteiger partial charge >= 0.3 is 6.18 Å². The van der Waals surface area contributed by atoms with Gasteiger partial charge in [-0.15, -0.1) is 0 Å². The lowest BCUT2D eigenvalue weighted by Gasteiger charge is -2.18. The Morgan fingerprint density at radius 1 is 1.07 bits per heavy atom. The number of alkyl halides is 3. The number of allylic oxidation sites excluding steroid dienone is 1. The molecular weight excluding hydrogens is 414 g/mol. The molecule has 0 amide bonds. The molecule has 0 aliphatic carbocycles. The number of hydrogen-bond donors (Lipinski definition) is 1. The number of carbonyl (C=O) groups excluding carboxylic acids is 1. The molecule has 0 saturated heterocycles. The van der Waals surface area contributed by atoms with Gasteiger partial charge in [0.25, 0.3) is 0 Å². The van der Waals surface area contributed by atoms with Crippen LogP contribution in [0.25, 0.3) is 6.08 Å². The first kappa shape index (κ1) is 21.7. The maximum atomic E-state index is 13.5. The third kappa shape index (κ3) is 5.94. The Balaban J connectivity index is 2.38. The fraction of sp³-hybridized carbons (Fsp3) is 0.105. The number of carbonyl (C=O) groups is 1. The van der Waals surface area contributed by atoms with E-state index in [4.69, 9.17) is 28.9 Å². The van der Waals surface area contributed by atoms with E-state index in [0.29, 0.717) is 17.5 Å². The molecule has 0 radical (unpaired) electrons. The number of aliphatic imine (C=N–C) groups is 2. The van der Waals surface area contributed by atoms with Crippen LogP contribution in [0.15, 0.2) is 52.5 Å². The molecule has 0 heterocycles. The second kappa shape index (κ2) is 9.52. The summed E-state index contributed by atoms with van der Waals surface area (Å²) in [5.41, 5.74) is 5.90. The Kier molecular flexibility index (Phi) is 7.37. The largest absolute Gasteiger partial charge is 0.399 e. The summed E-state index contributed by atoms with van der Waals surface area (Å²) in [6.45, 7) is 0. The lowest BCUT2D eigenvalue weighted by Crippen LogP contribution is -2.18. The van der Waals surface area contributed by atoms with E-state index in [1.807, 2.05) is 0 Å². The van der Waals surface area contributed by atoms with Gasteiger partial charge in [0.05, 0.1) is 17.9 Å². The lowest BCUT2D eigenvalue weighted by atomic mass is 9.96. The van der Waals surface area contributed by atoms with Crippen LogP contribution in [0.4, 0.5) is 18.9 Å². The number of rotatable bonds is 6. The van der Waals surface area contributed by atoms with Crippen LogP contribution in [0, 0.1) is 0 Å². The third-order valence-electron chi connectivity index (χ3n) is 3.61. The van der Waals surface area contributed by atoms with Crippen molar-refractivity contribution in [3.05, 3.63) is 69.2 Å². The van der Waals surface area contributed by atoms with Gasteiger partial charge in [-0.25, -0.2) is 9.98 Å². The van der Waals surface area contributed by atoms with Crippen LogP contribution in [0.3, 0.4) is 0 Å². The summed E-state index contributed by atoms with van der Waals surface area (Å²) >= 11 is 11.6. The Morgan fingerprint density at radius 2 is 1.75 bits per heavy atom. The van der Waals surface area contributed by atoms with Crippen molar-refractivity contribution in [2.24, 2.45) is 15.7 Å². The van der Waals surface area contributed by atoms with Crippen LogP contribution >= 0.6 is 23.2 Å². The number of hydrogen-bond acceptors (Lipinski definition) is 2. The molecule has 0 aromatic heterocycles. The van der Waals surface area contributed by atoms with Crippen LogP contribution in [-0.2, 0) is 0 Å². The smallest absolute Gasteiger partial charge is 0.390 e. The maximum absolute atomic E-state index is 13.5. The van der Waals surface area contributed by atoms with Gasteiger partial charge in [0.2, 0.25) is 0 Å².